The number of halogens is 2. The number of nitrogens with one attached hydrogen (secondary N) is 2. The van der Waals surface area contributed by atoms with Gasteiger partial charge in [-0.05, 0) is 72.7 Å². The molecule has 1 saturated heterocycles. The number of likely N-dealkylation sites (N-methyl/N-ethyl adjacent to an activating group) is 1. The minimum absolute atomic E-state index is 0.0540. The van der Waals surface area contributed by atoms with Gasteiger partial charge in [-0.3, -0.25) is 14.6 Å². The Morgan fingerprint density at radius 3 is 2.55 bits per heavy atom. The number of pyridine rings is 2. The van der Waals surface area contributed by atoms with Crippen LogP contribution in [-0.4, -0.2) is 61.7 Å². The van der Waals surface area contributed by atoms with Gasteiger partial charge in [-0.2, -0.15) is 0 Å². The average Bonchev–Trinajstić information content (AvgIpc) is 3.16. The van der Waals surface area contributed by atoms with E-state index < -0.39 is 5.91 Å². The molecule has 1 aliphatic rings. The number of hydrogen-bond acceptors (Lipinski definition) is 8. The maximum Gasteiger partial charge on any atom is 0.246 e. The van der Waals surface area contributed by atoms with E-state index in [0.717, 1.165) is 52.2 Å². The van der Waals surface area contributed by atoms with Gasteiger partial charge in [0.05, 0.1) is 30.5 Å². The normalized spacial score (nSPS) is 13.0. The minimum atomic E-state index is -0.399. The van der Waals surface area contributed by atoms with Gasteiger partial charge in [0.2, 0.25) is 11.8 Å². The van der Waals surface area contributed by atoms with E-state index in [9.17, 15) is 9.59 Å². The Morgan fingerprint density at radius 2 is 1.78 bits per heavy atom. The molecule has 10 nitrogen and oxygen atoms in total. The van der Waals surface area contributed by atoms with Crippen LogP contribution in [0.5, 0.6) is 5.75 Å². The fourth-order valence-electron chi connectivity index (χ4n) is 5.70. The first-order valence-electron chi connectivity index (χ1n) is 16.5. The predicted octanol–water partition coefficient (Wildman–Crippen LogP) is 7.07. The number of para-hydroxylation sites is 1. The number of aryl methyl sites for hydroxylation is 1. The number of benzene rings is 3. The lowest BCUT2D eigenvalue weighted by Gasteiger charge is -2.30. The first-order valence-corrected chi connectivity index (χ1v) is 17.3. The molecule has 0 atom stereocenters. The van der Waals surface area contributed by atoms with Crippen molar-refractivity contribution in [2.24, 2.45) is 0 Å². The van der Waals surface area contributed by atoms with Crippen LogP contribution in [0, 0.1) is 6.92 Å². The molecule has 1 fully saturated rings. The Balaban J connectivity index is 1.06. The number of ether oxygens (including phenoxy) is 2. The molecule has 6 rings (SSSR count). The SMILES string of the molecule is Cc1cc(N2CCOCC2)c2cccc(OCc3c(Cl)ccc(N(C)C(=O)CNC(=O)C=Cc4ccc(NCc5ccncc5)cc4)c3Cl)c2n1. The third-order valence-corrected chi connectivity index (χ3v) is 9.31. The van der Waals surface area contributed by atoms with Crippen molar-refractivity contribution in [3.63, 3.8) is 0 Å². The Kier molecular flexibility index (Phi) is 11.7. The van der Waals surface area contributed by atoms with Gasteiger partial charge in [-0.15, -0.1) is 0 Å². The highest BCUT2D eigenvalue weighted by molar-refractivity contribution is 6.38. The molecule has 2 aromatic heterocycles. The van der Waals surface area contributed by atoms with Gasteiger partial charge in [-0.1, -0.05) is 47.5 Å². The molecule has 3 aromatic carbocycles. The zero-order valence-electron chi connectivity index (χ0n) is 28.4. The lowest BCUT2D eigenvalue weighted by atomic mass is 10.1. The van der Waals surface area contributed by atoms with Crippen LogP contribution in [0.2, 0.25) is 10.0 Å². The predicted molar refractivity (Wildman–Crippen MR) is 204 cm³/mol. The fraction of sp³-hybridized carbons (Fsp3) is 0.231. The molecule has 2 N–H and O–H groups in total. The molecule has 12 heteroatoms. The second-order valence-corrected chi connectivity index (χ2v) is 12.8. The van der Waals surface area contributed by atoms with E-state index in [-0.39, 0.29) is 24.1 Å². The lowest BCUT2D eigenvalue weighted by Crippen LogP contribution is -2.37. The summed E-state index contributed by atoms with van der Waals surface area (Å²) in [5.74, 6) is -0.164. The molecular weight excluding hydrogens is 687 g/mol. The van der Waals surface area contributed by atoms with E-state index in [1.807, 2.05) is 61.5 Å². The molecule has 0 bridgehead atoms. The Morgan fingerprint density at radius 1 is 1.02 bits per heavy atom. The highest BCUT2D eigenvalue weighted by Gasteiger charge is 2.21. The fourth-order valence-corrected chi connectivity index (χ4v) is 6.31. The van der Waals surface area contributed by atoms with Gasteiger partial charge in [0.1, 0.15) is 17.9 Å². The van der Waals surface area contributed by atoms with Gasteiger partial charge in [0.15, 0.2) is 0 Å². The van der Waals surface area contributed by atoms with Crippen molar-refractivity contribution < 1.29 is 19.1 Å². The zero-order valence-corrected chi connectivity index (χ0v) is 29.9. The van der Waals surface area contributed by atoms with Gasteiger partial charge in [-0.25, -0.2) is 4.98 Å². The summed E-state index contributed by atoms with van der Waals surface area (Å²) in [4.78, 5) is 38.2. The molecule has 0 unspecified atom stereocenters. The van der Waals surface area contributed by atoms with Crippen LogP contribution in [0.15, 0.2) is 91.3 Å². The Labute approximate surface area is 307 Å². The number of morpholine rings is 1. The molecule has 262 valence electrons. The standard InChI is InChI=1S/C39H38Cl2N6O4/c1-26-22-34(47-18-20-50-21-19-47)30-4-3-5-35(39(30)45-26)51-25-31-32(40)11-12-33(38(31)41)46(2)37(49)24-44-36(48)13-8-27-6-9-29(10-7-27)43-23-28-14-16-42-17-15-28/h3-17,22,43H,18-21,23-25H2,1-2H3,(H,44,48). The molecule has 2 amide bonds. The number of carbonyl (C=O) groups excluding carboxylic acids is 2. The Hall–Kier alpha value is -5.16. The number of rotatable bonds is 12. The summed E-state index contributed by atoms with van der Waals surface area (Å²) in [5, 5.41) is 7.66. The summed E-state index contributed by atoms with van der Waals surface area (Å²) >= 11 is 13.4. The van der Waals surface area contributed by atoms with Crippen molar-refractivity contribution in [3.8, 4) is 5.75 Å². The number of carbonyl (C=O) groups is 2. The van der Waals surface area contributed by atoms with Crippen molar-refractivity contribution >= 4 is 69.1 Å². The first kappa shape index (κ1) is 35.7. The average molecular weight is 726 g/mol. The largest absolute Gasteiger partial charge is 0.487 e. The van der Waals surface area contributed by atoms with E-state index in [4.69, 9.17) is 37.7 Å². The number of fused-ring (bicyclic) bond motifs is 1. The maximum absolute atomic E-state index is 13.1. The van der Waals surface area contributed by atoms with Gasteiger partial charge < -0.3 is 29.9 Å². The quantitative estimate of drug-likeness (QED) is 0.132. The van der Waals surface area contributed by atoms with Crippen LogP contribution in [0.4, 0.5) is 17.1 Å². The molecule has 0 radical (unpaired) electrons. The van der Waals surface area contributed by atoms with Crippen molar-refractivity contribution in [1.29, 1.82) is 0 Å². The zero-order chi connectivity index (χ0) is 35.7. The van der Waals surface area contributed by atoms with E-state index in [2.05, 4.69) is 26.6 Å². The summed E-state index contributed by atoms with van der Waals surface area (Å²) in [6.07, 6.45) is 6.60. The minimum Gasteiger partial charge on any atom is -0.487 e. The van der Waals surface area contributed by atoms with Gasteiger partial charge >= 0.3 is 0 Å². The van der Waals surface area contributed by atoms with E-state index in [0.29, 0.717) is 41.8 Å². The molecule has 1 aliphatic heterocycles. The summed E-state index contributed by atoms with van der Waals surface area (Å²) < 4.78 is 11.8. The summed E-state index contributed by atoms with van der Waals surface area (Å²) in [6.45, 7) is 5.42. The van der Waals surface area contributed by atoms with Crippen molar-refractivity contribution in [3.05, 3.63) is 124 Å². The van der Waals surface area contributed by atoms with Gasteiger partial charge in [0.25, 0.3) is 0 Å². The monoisotopic (exact) mass is 724 g/mol. The van der Waals surface area contributed by atoms with Crippen molar-refractivity contribution in [1.82, 2.24) is 15.3 Å². The molecule has 0 spiro atoms. The van der Waals surface area contributed by atoms with Crippen LogP contribution in [0.1, 0.15) is 22.4 Å². The van der Waals surface area contributed by atoms with Crippen LogP contribution >= 0.6 is 23.2 Å². The van der Waals surface area contributed by atoms with Crippen LogP contribution < -0.4 is 25.2 Å². The highest BCUT2D eigenvalue weighted by Crippen LogP contribution is 2.37. The van der Waals surface area contributed by atoms with E-state index in [1.54, 1.807) is 37.7 Å². The second-order valence-electron chi connectivity index (χ2n) is 12.0. The summed E-state index contributed by atoms with van der Waals surface area (Å²) in [5.41, 5.74) is 6.60. The topological polar surface area (TPSA) is 109 Å². The molecular formula is C39H38Cl2N6O4. The second kappa shape index (κ2) is 16.7. The van der Waals surface area contributed by atoms with Crippen LogP contribution in [-0.2, 0) is 27.5 Å². The maximum atomic E-state index is 13.1. The number of aromatic nitrogens is 2. The number of hydrogen-bond donors (Lipinski definition) is 2. The first-order chi connectivity index (χ1) is 24.8. The summed E-state index contributed by atoms with van der Waals surface area (Å²) in [7, 11) is 1.60. The highest BCUT2D eigenvalue weighted by atomic mass is 35.5. The third kappa shape index (κ3) is 8.96. The smallest absolute Gasteiger partial charge is 0.246 e. The molecule has 5 aromatic rings. The number of anilines is 3. The van der Waals surface area contributed by atoms with Crippen LogP contribution in [0.25, 0.3) is 17.0 Å². The lowest BCUT2D eigenvalue weighted by molar-refractivity contribution is -0.122. The molecule has 51 heavy (non-hydrogen) atoms. The van der Waals surface area contributed by atoms with E-state index >= 15 is 0 Å². The Bertz CT molecular complexity index is 2040. The summed E-state index contributed by atoms with van der Waals surface area (Å²) in [6, 6.07) is 22.9. The van der Waals surface area contributed by atoms with Crippen LogP contribution in [0.3, 0.4) is 0 Å². The third-order valence-electron chi connectivity index (χ3n) is 8.53. The van der Waals surface area contributed by atoms with Crippen molar-refractivity contribution in [2.45, 2.75) is 20.1 Å². The molecule has 0 saturated carbocycles. The van der Waals surface area contributed by atoms with Crippen molar-refractivity contribution in [2.75, 3.05) is 55.0 Å². The molecule has 0 aliphatic carbocycles. The molecule has 3 heterocycles. The number of amides is 2. The van der Waals surface area contributed by atoms with E-state index in [1.165, 1.54) is 11.0 Å². The number of nitrogens with zero attached hydrogens (tertiary/aromatic N) is 4. The van der Waals surface area contributed by atoms with Gasteiger partial charge in [0, 0.05) is 78.2 Å².